The fraction of sp³-hybridized carbons (Fsp3) is 0.167. The van der Waals surface area contributed by atoms with Gasteiger partial charge >= 0.3 is 0 Å². The van der Waals surface area contributed by atoms with E-state index < -0.39 is 11.1 Å². The van der Waals surface area contributed by atoms with Crippen LogP contribution in [0, 0.1) is 0 Å². The molecule has 0 fully saturated rings. The van der Waals surface area contributed by atoms with Gasteiger partial charge in [0.15, 0.2) is 11.1 Å². The summed E-state index contributed by atoms with van der Waals surface area (Å²) >= 11 is -1.14. The van der Waals surface area contributed by atoms with Gasteiger partial charge in [-0.1, -0.05) is 24.3 Å². The summed E-state index contributed by atoms with van der Waals surface area (Å²) in [5.41, 5.74) is 2.31. The minimum Gasteiger partial charge on any atom is -0.285 e. The van der Waals surface area contributed by atoms with Crippen molar-refractivity contribution in [3.8, 4) is 0 Å². The largest absolute Gasteiger partial charge is 0.285 e. The average molecular weight is 218 g/mol. The van der Waals surface area contributed by atoms with Gasteiger partial charge < -0.3 is 0 Å². The molecule has 0 amide bonds. The van der Waals surface area contributed by atoms with Crippen LogP contribution in [0.4, 0.5) is 0 Å². The van der Waals surface area contributed by atoms with Crippen LogP contribution >= 0.6 is 0 Å². The van der Waals surface area contributed by atoms with Crippen LogP contribution in [0.25, 0.3) is 10.8 Å². The Bertz CT molecular complexity index is 548. The first-order valence-electron chi connectivity index (χ1n) is 4.85. The normalized spacial score (nSPS) is 20.1. The fourth-order valence-electron chi connectivity index (χ4n) is 1.90. The van der Waals surface area contributed by atoms with Crippen molar-refractivity contribution in [2.75, 3.05) is 0 Å². The van der Waals surface area contributed by atoms with Gasteiger partial charge in [0, 0.05) is 0 Å². The van der Waals surface area contributed by atoms with Gasteiger partial charge in [0.1, 0.15) is 0 Å². The molecule has 76 valence electrons. The first-order chi connectivity index (χ1) is 7.33. The molecule has 3 heteroatoms. The van der Waals surface area contributed by atoms with Gasteiger partial charge in [-0.2, -0.15) is 0 Å². The lowest BCUT2D eigenvalue weighted by molar-refractivity contribution is 0.328. The third kappa shape index (κ3) is 1.58. The molecule has 0 aliphatic carbocycles. The molecule has 3 rings (SSSR count). The summed E-state index contributed by atoms with van der Waals surface area (Å²) in [5, 5.41) is 2.42. The molecular formula is C12H10O2S. The highest BCUT2D eigenvalue weighted by molar-refractivity contribution is 7.79. The van der Waals surface area contributed by atoms with Crippen LogP contribution in [0.5, 0.6) is 0 Å². The first-order valence-corrected chi connectivity index (χ1v) is 6.09. The molecule has 1 aliphatic heterocycles. The standard InChI is InChI=1S/C12H10O2S/c13-15-8-12-6-10-4-2-1-3-9(10)5-11(12)7-14-15/h1-6H,7-8H2. The van der Waals surface area contributed by atoms with Gasteiger partial charge in [-0.05, 0) is 34.0 Å². The van der Waals surface area contributed by atoms with Gasteiger partial charge in [-0.25, -0.2) is 4.21 Å². The lowest BCUT2D eigenvalue weighted by Crippen LogP contribution is -2.10. The van der Waals surface area contributed by atoms with Crippen LogP contribution in [0.3, 0.4) is 0 Å². The number of hydrogen-bond acceptors (Lipinski definition) is 2. The zero-order valence-electron chi connectivity index (χ0n) is 8.10. The highest BCUT2D eigenvalue weighted by Crippen LogP contribution is 2.25. The van der Waals surface area contributed by atoms with Gasteiger partial charge in [0.2, 0.25) is 0 Å². The quantitative estimate of drug-likeness (QED) is 0.679. The molecule has 2 nitrogen and oxygen atoms in total. The molecule has 0 spiro atoms. The second-order valence-electron chi connectivity index (χ2n) is 3.68. The van der Waals surface area contributed by atoms with Crippen molar-refractivity contribution >= 4 is 21.9 Å². The van der Waals surface area contributed by atoms with Gasteiger partial charge in [-0.15, -0.1) is 0 Å². The second kappa shape index (κ2) is 3.43. The molecule has 0 saturated heterocycles. The number of rotatable bonds is 0. The third-order valence-electron chi connectivity index (χ3n) is 2.69. The molecule has 1 atom stereocenters. The van der Waals surface area contributed by atoms with E-state index in [9.17, 15) is 4.21 Å². The maximum atomic E-state index is 11.3. The van der Waals surface area contributed by atoms with Crippen molar-refractivity contribution < 1.29 is 8.39 Å². The molecule has 0 aromatic heterocycles. The van der Waals surface area contributed by atoms with Gasteiger partial charge in [0.05, 0.1) is 12.4 Å². The summed E-state index contributed by atoms with van der Waals surface area (Å²) in [6, 6.07) is 12.4. The van der Waals surface area contributed by atoms with E-state index in [1.165, 1.54) is 10.8 Å². The minimum absolute atomic E-state index is 0.465. The Labute approximate surface area is 90.5 Å². The Morgan fingerprint density at radius 3 is 2.47 bits per heavy atom. The molecule has 0 N–H and O–H groups in total. The minimum atomic E-state index is -1.14. The van der Waals surface area contributed by atoms with Gasteiger partial charge in [0.25, 0.3) is 0 Å². The predicted octanol–water partition coefficient (Wildman–Crippen LogP) is 2.53. The topological polar surface area (TPSA) is 26.3 Å². The van der Waals surface area contributed by atoms with Crippen LogP contribution in [0.2, 0.25) is 0 Å². The average Bonchev–Trinajstić information content (AvgIpc) is 2.26. The van der Waals surface area contributed by atoms with Crippen LogP contribution in [0.1, 0.15) is 11.1 Å². The molecule has 1 unspecified atom stereocenters. The predicted molar refractivity (Wildman–Crippen MR) is 60.6 cm³/mol. The molecule has 0 bridgehead atoms. The zero-order chi connectivity index (χ0) is 10.3. The maximum absolute atomic E-state index is 11.3. The molecule has 1 heterocycles. The summed E-state index contributed by atoms with van der Waals surface area (Å²) in [4.78, 5) is 0. The van der Waals surface area contributed by atoms with E-state index in [-0.39, 0.29) is 0 Å². The second-order valence-corrected chi connectivity index (χ2v) is 4.81. The summed E-state index contributed by atoms with van der Waals surface area (Å²) in [6.07, 6.45) is 0. The SMILES string of the molecule is O=S1Cc2cc3ccccc3cc2CO1. The van der Waals surface area contributed by atoms with Crippen molar-refractivity contribution in [1.82, 2.24) is 0 Å². The van der Waals surface area contributed by atoms with E-state index in [4.69, 9.17) is 4.18 Å². The van der Waals surface area contributed by atoms with Crippen LogP contribution in [-0.4, -0.2) is 4.21 Å². The first kappa shape index (κ1) is 9.07. The number of fused-ring (bicyclic) bond motifs is 2. The third-order valence-corrected chi connectivity index (χ3v) is 3.61. The lowest BCUT2D eigenvalue weighted by Gasteiger charge is -2.16. The monoisotopic (exact) mass is 218 g/mol. The van der Waals surface area contributed by atoms with Crippen LogP contribution in [0.15, 0.2) is 36.4 Å². The van der Waals surface area contributed by atoms with Crippen LogP contribution in [-0.2, 0) is 27.6 Å². The van der Waals surface area contributed by atoms with E-state index in [1.807, 2.05) is 12.1 Å². The van der Waals surface area contributed by atoms with Crippen molar-refractivity contribution in [3.63, 3.8) is 0 Å². The molecular weight excluding hydrogens is 208 g/mol. The molecule has 15 heavy (non-hydrogen) atoms. The smallest absolute Gasteiger partial charge is 0.160 e. The molecule has 1 aliphatic rings. The number of hydrogen-bond donors (Lipinski definition) is 0. The van der Waals surface area contributed by atoms with Crippen molar-refractivity contribution in [3.05, 3.63) is 47.5 Å². The Balaban J connectivity index is 2.24. The lowest BCUT2D eigenvalue weighted by atomic mass is 10.0. The summed E-state index contributed by atoms with van der Waals surface area (Å²) in [7, 11) is 0. The Kier molecular flexibility index (Phi) is 2.08. The maximum Gasteiger partial charge on any atom is 0.160 e. The molecule has 2 aromatic rings. The van der Waals surface area contributed by atoms with E-state index in [0.717, 1.165) is 11.1 Å². The summed E-state index contributed by atoms with van der Waals surface area (Å²) in [5.74, 6) is 0.514. The molecule has 0 radical (unpaired) electrons. The van der Waals surface area contributed by atoms with Crippen molar-refractivity contribution in [2.24, 2.45) is 0 Å². The Morgan fingerprint density at radius 2 is 1.73 bits per heavy atom. The highest BCUT2D eigenvalue weighted by Gasteiger charge is 2.15. The Morgan fingerprint density at radius 1 is 1.07 bits per heavy atom. The zero-order valence-corrected chi connectivity index (χ0v) is 8.92. The summed E-state index contributed by atoms with van der Waals surface area (Å²) in [6.45, 7) is 0.465. The fourth-order valence-corrected chi connectivity index (χ4v) is 2.77. The molecule has 0 saturated carbocycles. The molecule has 2 aromatic carbocycles. The van der Waals surface area contributed by atoms with Gasteiger partial charge in [-0.3, -0.25) is 4.18 Å². The number of benzene rings is 2. The van der Waals surface area contributed by atoms with E-state index in [0.29, 0.717) is 12.4 Å². The Hall–Kier alpha value is -1.19. The van der Waals surface area contributed by atoms with E-state index in [1.54, 1.807) is 0 Å². The van der Waals surface area contributed by atoms with E-state index >= 15 is 0 Å². The van der Waals surface area contributed by atoms with Crippen molar-refractivity contribution in [1.29, 1.82) is 0 Å². The van der Waals surface area contributed by atoms with Crippen LogP contribution < -0.4 is 0 Å². The highest BCUT2D eigenvalue weighted by atomic mass is 32.2. The summed E-state index contributed by atoms with van der Waals surface area (Å²) < 4.78 is 16.4. The van der Waals surface area contributed by atoms with E-state index in [2.05, 4.69) is 24.3 Å². The van der Waals surface area contributed by atoms with Crippen molar-refractivity contribution in [2.45, 2.75) is 12.4 Å².